The van der Waals surface area contributed by atoms with Gasteiger partial charge in [0.25, 0.3) is 5.91 Å². The van der Waals surface area contributed by atoms with Crippen molar-refractivity contribution < 1.29 is 9.53 Å². The van der Waals surface area contributed by atoms with E-state index in [0.717, 1.165) is 17.7 Å². The highest BCUT2D eigenvalue weighted by molar-refractivity contribution is 6.35. The normalized spacial score (nSPS) is 17.7. The van der Waals surface area contributed by atoms with Crippen LogP contribution in [0.3, 0.4) is 0 Å². The molecule has 0 spiro atoms. The smallest absolute Gasteiger partial charge is 0.263 e. The molecule has 136 valence electrons. The molecular formula is C21H17ClN2O3. The lowest BCUT2D eigenvalue weighted by Gasteiger charge is -2.27. The third-order valence-electron chi connectivity index (χ3n) is 5.28. The Labute approximate surface area is 160 Å². The number of carbonyl (C=O) groups is 1. The summed E-state index contributed by atoms with van der Waals surface area (Å²) >= 11 is 6.35. The van der Waals surface area contributed by atoms with Gasteiger partial charge in [-0.1, -0.05) is 29.8 Å². The molecule has 1 aromatic heterocycles. The fourth-order valence-corrected chi connectivity index (χ4v) is 4.32. The standard InChI is InChI=1S/C21H17ClN2O3/c1-12-10-23-11-14(20(25)18-15(22)6-7-17(27-12)19(18)23)21(26)24-9-8-13-4-2-3-5-16(13)24/h2-7,11-12H,8-10H2,1H3. The average molecular weight is 381 g/mol. The molecule has 0 saturated carbocycles. The van der Waals surface area contributed by atoms with Crippen molar-refractivity contribution in [1.29, 1.82) is 0 Å². The van der Waals surface area contributed by atoms with Gasteiger partial charge in [0.2, 0.25) is 5.43 Å². The summed E-state index contributed by atoms with van der Waals surface area (Å²) in [7, 11) is 0. The zero-order valence-electron chi connectivity index (χ0n) is 14.7. The molecule has 27 heavy (non-hydrogen) atoms. The Balaban J connectivity index is 1.72. The molecule has 6 heteroatoms. The van der Waals surface area contributed by atoms with Crippen molar-refractivity contribution in [2.75, 3.05) is 11.4 Å². The van der Waals surface area contributed by atoms with Crippen LogP contribution in [-0.4, -0.2) is 23.1 Å². The molecule has 1 atom stereocenters. The molecule has 3 aromatic rings. The number of fused-ring (bicyclic) bond motifs is 1. The minimum Gasteiger partial charge on any atom is -0.487 e. The Morgan fingerprint density at radius 3 is 2.89 bits per heavy atom. The molecular weight excluding hydrogens is 364 g/mol. The fraction of sp³-hybridized carbons (Fsp3) is 0.238. The van der Waals surface area contributed by atoms with Gasteiger partial charge in [0.1, 0.15) is 17.4 Å². The van der Waals surface area contributed by atoms with Gasteiger partial charge in [-0.05, 0) is 37.1 Å². The van der Waals surface area contributed by atoms with Crippen LogP contribution in [0.2, 0.25) is 5.02 Å². The molecule has 2 aliphatic rings. The molecule has 0 aliphatic carbocycles. The lowest BCUT2D eigenvalue weighted by atomic mass is 10.1. The number of ether oxygens (including phenoxy) is 1. The van der Waals surface area contributed by atoms with E-state index in [-0.39, 0.29) is 23.0 Å². The first kappa shape index (κ1) is 16.4. The summed E-state index contributed by atoms with van der Waals surface area (Å²) in [5.74, 6) is 0.340. The number of hydrogen-bond acceptors (Lipinski definition) is 3. The van der Waals surface area contributed by atoms with Gasteiger partial charge >= 0.3 is 0 Å². The molecule has 1 amide bonds. The average Bonchev–Trinajstić information content (AvgIpc) is 3.09. The van der Waals surface area contributed by atoms with E-state index < -0.39 is 0 Å². The topological polar surface area (TPSA) is 51.5 Å². The minimum atomic E-state index is -0.347. The van der Waals surface area contributed by atoms with Gasteiger partial charge in [-0.3, -0.25) is 9.59 Å². The lowest BCUT2D eigenvalue weighted by Crippen LogP contribution is -2.35. The first-order valence-electron chi connectivity index (χ1n) is 8.96. The first-order chi connectivity index (χ1) is 13.0. The molecule has 3 heterocycles. The molecule has 2 aromatic carbocycles. The number of pyridine rings is 1. The highest BCUT2D eigenvalue weighted by Gasteiger charge is 2.30. The molecule has 0 fully saturated rings. The first-order valence-corrected chi connectivity index (χ1v) is 9.34. The van der Waals surface area contributed by atoms with Gasteiger partial charge in [0, 0.05) is 18.4 Å². The SMILES string of the molecule is CC1Cn2cc(C(=O)N3CCc4ccccc43)c(=O)c3c(Cl)ccc(c32)O1. The van der Waals surface area contributed by atoms with E-state index in [1.165, 1.54) is 0 Å². The Bertz CT molecular complexity index is 1170. The molecule has 0 radical (unpaired) electrons. The van der Waals surface area contributed by atoms with Crippen LogP contribution in [0.15, 0.2) is 47.4 Å². The molecule has 1 unspecified atom stereocenters. The second kappa shape index (κ2) is 5.86. The van der Waals surface area contributed by atoms with E-state index >= 15 is 0 Å². The van der Waals surface area contributed by atoms with Crippen molar-refractivity contribution in [3.63, 3.8) is 0 Å². The number of benzene rings is 2. The fourth-order valence-electron chi connectivity index (χ4n) is 4.08. The van der Waals surface area contributed by atoms with Crippen molar-refractivity contribution in [1.82, 2.24) is 4.57 Å². The van der Waals surface area contributed by atoms with Crippen LogP contribution in [0.5, 0.6) is 5.75 Å². The van der Waals surface area contributed by atoms with Crippen molar-refractivity contribution in [2.45, 2.75) is 26.0 Å². The number of halogens is 1. The molecule has 0 bridgehead atoms. The molecule has 0 saturated heterocycles. The van der Waals surface area contributed by atoms with E-state index in [2.05, 4.69) is 0 Å². The van der Waals surface area contributed by atoms with Crippen LogP contribution in [0.4, 0.5) is 5.69 Å². The van der Waals surface area contributed by atoms with Crippen LogP contribution >= 0.6 is 11.6 Å². The Hall–Kier alpha value is -2.79. The highest BCUT2D eigenvalue weighted by atomic mass is 35.5. The summed E-state index contributed by atoms with van der Waals surface area (Å²) in [6.07, 6.45) is 2.39. The minimum absolute atomic E-state index is 0.0557. The summed E-state index contributed by atoms with van der Waals surface area (Å²) in [6.45, 7) is 3.09. The van der Waals surface area contributed by atoms with Crippen molar-refractivity contribution in [2.24, 2.45) is 0 Å². The summed E-state index contributed by atoms with van der Waals surface area (Å²) in [6, 6.07) is 11.2. The van der Waals surface area contributed by atoms with Crippen LogP contribution in [0.1, 0.15) is 22.8 Å². The lowest BCUT2D eigenvalue weighted by molar-refractivity contribution is 0.0987. The number of rotatable bonds is 1. The van der Waals surface area contributed by atoms with Gasteiger partial charge < -0.3 is 14.2 Å². The zero-order valence-corrected chi connectivity index (χ0v) is 15.5. The van der Waals surface area contributed by atoms with E-state index in [0.29, 0.717) is 34.8 Å². The predicted molar refractivity (Wildman–Crippen MR) is 105 cm³/mol. The Kier molecular flexibility index (Phi) is 3.56. The molecule has 2 aliphatic heterocycles. The van der Waals surface area contributed by atoms with Crippen LogP contribution in [0.25, 0.3) is 10.9 Å². The number of amides is 1. The van der Waals surface area contributed by atoms with Gasteiger partial charge in [-0.25, -0.2) is 0 Å². The Morgan fingerprint density at radius 2 is 2.04 bits per heavy atom. The van der Waals surface area contributed by atoms with Crippen molar-refractivity contribution in [3.05, 3.63) is 69.0 Å². The van der Waals surface area contributed by atoms with Crippen LogP contribution in [-0.2, 0) is 13.0 Å². The third-order valence-corrected chi connectivity index (χ3v) is 5.59. The summed E-state index contributed by atoms with van der Waals surface area (Å²) in [5, 5.41) is 0.682. The second-order valence-corrected chi connectivity index (χ2v) is 7.46. The largest absolute Gasteiger partial charge is 0.487 e. The van der Waals surface area contributed by atoms with Gasteiger partial charge in [-0.2, -0.15) is 0 Å². The number of para-hydroxylation sites is 1. The highest BCUT2D eigenvalue weighted by Crippen LogP contribution is 2.34. The zero-order chi connectivity index (χ0) is 18.7. The monoisotopic (exact) mass is 380 g/mol. The molecule has 0 N–H and O–H groups in total. The van der Waals surface area contributed by atoms with E-state index in [1.807, 2.05) is 35.8 Å². The third kappa shape index (κ3) is 2.38. The number of carbonyl (C=O) groups excluding carboxylic acids is 1. The maximum Gasteiger partial charge on any atom is 0.263 e. The maximum absolute atomic E-state index is 13.3. The summed E-state index contributed by atoms with van der Waals surface area (Å²) < 4.78 is 7.76. The van der Waals surface area contributed by atoms with Crippen LogP contribution in [0, 0.1) is 0 Å². The Morgan fingerprint density at radius 1 is 1.22 bits per heavy atom. The molecule has 5 rings (SSSR count). The van der Waals surface area contributed by atoms with E-state index in [1.54, 1.807) is 23.2 Å². The van der Waals surface area contributed by atoms with Crippen molar-refractivity contribution >= 4 is 34.1 Å². The van der Waals surface area contributed by atoms with E-state index in [4.69, 9.17) is 16.3 Å². The molecule has 5 nitrogen and oxygen atoms in total. The number of nitrogens with zero attached hydrogens (tertiary/aromatic N) is 2. The number of aromatic nitrogens is 1. The summed E-state index contributed by atoms with van der Waals surface area (Å²) in [4.78, 5) is 28.1. The van der Waals surface area contributed by atoms with Crippen LogP contribution < -0.4 is 15.1 Å². The van der Waals surface area contributed by atoms with Gasteiger partial charge in [-0.15, -0.1) is 0 Å². The second-order valence-electron chi connectivity index (χ2n) is 7.06. The predicted octanol–water partition coefficient (Wildman–Crippen LogP) is 3.64. The van der Waals surface area contributed by atoms with E-state index in [9.17, 15) is 9.59 Å². The van der Waals surface area contributed by atoms with Gasteiger partial charge in [0.15, 0.2) is 0 Å². The maximum atomic E-state index is 13.3. The number of anilines is 1. The van der Waals surface area contributed by atoms with Crippen molar-refractivity contribution in [3.8, 4) is 5.75 Å². The number of hydrogen-bond donors (Lipinski definition) is 0. The summed E-state index contributed by atoms with van der Waals surface area (Å²) in [5.41, 5.74) is 2.45. The van der Waals surface area contributed by atoms with Gasteiger partial charge in [0.05, 0.1) is 22.5 Å². The quantitative estimate of drug-likeness (QED) is 0.647.